The average molecular weight is 385 g/mol. The van der Waals surface area contributed by atoms with Gasteiger partial charge < -0.3 is 24.2 Å². The predicted octanol–water partition coefficient (Wildman–Crippen LogP) is 3.19. The van der Waals surface area contributed by atoms with E-state index in [1.807, 2.05) is 25.1 Å². The van der Waals surface area contributed by atoms with Crippen molar-refractivity contribution < 1.29 is 28.9 Å². The van der Waals surface area contributed by atoms with Gasteiger partial charge in [-0.3, -0.25) is 9.59 Å². The molecule has 2 aromatic rings. The number of ether oxygens (including phenoxy) is 3. The van der Waals surface area contributed by atoms with E-state index in [9.17, 15) is 9.59 Å². The van der Waals surface area contributed by atoms with Crippen LogP contribution in [0.1, 0.15) is 23.7 Å². The summed E-state index contributed by atoms with van der Waals surface area (Å²) in [6, 6.07) is 14.3. The average Bonchev–Trinajstić information content (AvgIpc) is 2.69. The third-order valence-electron chi connectivity index (χ3n) is 4.31. The number of carboxylic acid groups (broad SMARTS) is 1. The van der Waals surface area contributed by atoms with E-state index < -0.39 is 12.1 Å². The zero-order chi connectivity index (χ0) is 19.9. The van der Waals surface area contributed by atoms with Gasteiger partial charge in [0, 0.05) is 13.1 Å². The van der Waals surface area contributed by atoms with Crippen molar-refractivity contribution in [2.24, 2.45) is 0 Å². The lowest BCUT2D eigenvalue weighted by atomic mass is 10.1. The summed E-state index contributed by atoms with van der Waals surface area (Å²) in [6.45, 7) is 3.33. The third kappa shape index (κ3) is 4.80. The Kier molecular flexibility index (Phi) is 6.49. The fourth-order valence-corrected chi connectivity index (χ4v) is 3.05. The standard InChI is InChI=1S/C21H23NO6/c1-2-26-18-9-5-6-10-19(18)28-17-8-4-3-7-16(17)21(25)22-11-12-27-15(14-22)13-20(23)24/h3-10,15H,2,11-14H2,1H3,(H,23,24). The van der Waals surface area contributed by atoms with Crippen LogP contribution in [0.15, 0.2) is 48.5 Å². The number of benzene rings is 2. The number of aliphatic carboxylic acids is 1. The Hall–Kier alpha value is -3.06. The number of nitrogens with zero attached hydrogens (tertiary/aromatic N) is 1. The summed E-state index contributed by atoms with van der Waals surface area (Å²) in [4.78, 5) is 25.6. The number of carbonyl (C=O) groups excluding carboxylic acids is 1. The second-order valence-electron chi connectivity index (χ2n) is 6.32. The summed E-state index contributed by atoms with van der Waals surface area (Å²) in [5.41, 5.74) is 0.407. The Bertz CT molecular complexity index is 837. The fraction of sp³-hybridized carbons (Fsp3) is 0.333. The number of morpholine rings is 1. The van der Waals surface area contributed by atoms with Crippen LogP contribution in [0.25, 0.3) is 0 Å². The Balaban J connectivity index is 1.80. The van der Waals surface area contributed by atoms with Gasteiger partial charge in [0.25, 0.3) is 5.91 Å². The van der Waals surface area contributed by atoms with E-state index in [1.165, 1.54) is 0 Å². The van der Waals surface area contributed by atoms with Gasteiger partial charge in [0.05, 0.1) is 31.3 Å². The summed E-state index contributed by atoms with van der Waals surface area (Å²) >= 11 is 0. The zero-order valence-corrected chi connectivity index (χ0v) is 15.7. The molecule has 0 spiro atoms. The number of hydrogen-bond donors (Lipinski definition) is 1. The Morgan fingerprint density at radius 3 is 2.50 bits per heavy atom. The maximum absolute atomic E-state index is 13.1. The summed E-state index contributed by atoms with van der Waals surface area (Å²) in [5.74, 6) is 0.371. The van der Waals surface area contributed by atoms with Crippen molar-refractivity contribution in [3.63, 3.8) is 0 Å². The molecule has 1 aliphatic heterocycles. The van der Waals surface area contributed by atoms with Crippen LogP contribution >= 0.6 is 0 Å². The van der Waals surface area contributed by atoms with Gasteiger partial charge in [-0.2, -0.15) is 0 Å². The first-order chi connectivity index (χ1) is 13.6. The van der Waals surface area contributed by atoms with Gasteiger partial charge in [-0.05, 0) is 31.2 Å². The van der Waals surface area contributed by atoms with E-state index in [2.05, 4.69) is 0 Å². The minimum Gasteiger partial charge on any atom is -0.490 e. The number of para-hydroxylation sites is 3. The van der Waals surface area contributed by atoms with Crippen molar-refractivity contribution >= 4 is 11.9 Å². The van der Waals surface area contributed by atoms with Gasteiger partial charge in [0.15, 0.2) is 11.5 Å². The highest BCUT2D eigenvalue weighted by atomic mass is 16.5. The molecule has 148 valence electrons. The normalized spacial score (nSPS) is 16.5. The topological polar surface area (TPSA) is 85.3 Å². The smallest absolute Gasteiger partial charge is 0.306 e. The summed E-state index contributed by atoms with van der Waals surface area (Å²) in [6.07, 6.45) is -0.647. The van der Waals surface area contributed by atoms with Crippen LogP contribution in [0.4, 0.5) is 0 Å². The highest BCUT2D eigenvalue weighted by Gasteiger charge is 2.28. The minimum absolute atomic E-state index is 0.135. The Morgan fingerprint density at radius 2 is 1.79 bits per heavy atom. The van der Waals surface area contributed by atoms with E-state index >= 15 is 0 Å². The lowest BCUT2D eigenvalue weighted by Gasteiger charge is -2.32. The van der Waals surface area contributed by atoms with Gasteiger partial charge >= 0.3 is 5.97 Å². The van der Waals surface area contributed by atoms with Crippen molar-refractivity contribution in [2.45, 2.75) is 19.4 Å². The molecular weight excluding hydrogens is 362 g/mol. The molecule has 1 amide bonds. The molecule has 1 N–H and O–H groups in total. The molecule has 1 unspecified atom stereocenters. The molecule has 3 rings (SSSR count). The van der Waals surface area contributed by atoms with Crippen LogP contribution in [0.5, 0.6) is 17.2 Å². The second-order valence-corrected chi connectivity index (χ2v) is 6.32. The first kappa shape index (κ1) is 19.7. The number of carbonyl (C=O) groups is 2. The van der Waals surface area contributed by atoms with Gasteiger partial charge in [0.1, 0.15) is 5.75 Å². The largest absolute Gasteiger partial charge is 0.490 e. The van der Waals surface area contributed by atoms with Gasteiger partial charge in [0.2, 0.25) is 0 Å². The molecule has 0 saturated carbocycles. The van der Waals surface area contributed by atoms with Crippen LogP contribution in [0, 0.1) is 0 Å². The maximum atomic E-state index is 13.1. The molecular formula is C21H23NO6. The van der Waals surface area contributed by atoms with E-state index in [4.69, 9.17) is 19.3 Å². The lowest BCUT2D eigenvalue weighted by molar-refractivity contribution is -0.141. The molecule has 7 nitrogen and oxygen atoms in total. The number of carboxylic acids is 1. The van der Waals surface area contributed by atoms with Crippen molar-refractivity contribution in [3.8, 4) is 17.2 Å². The molecule has 0 aliphatic carbocycles. The minimum atomic E-state index is -0.949. The van der Waals surface area contributed by atoms with E-state index in [0.717, 1.165) is 0 Å². The first-order valence-corrected chi connectivity index (χ1v) is 9.20. The second kappa shape index (κ2) is 9.23. The van der Waals surface area contributed by atoms with Crippen LogP contribution in [0.3, 0.4) is 0 Å². The number of amides is 1. The molecule has 28 heavy (non-hydrogen) atoms. The lowest BCUT2D eigenvalue weighted by Crippen LogP contribution is -2.46. The first-order valence-electron chi connectivity index (χ1n) is 9.20. The number of hydrogen-bond acceptors (Lipinski definition) is 5. The molecule has 0 aromatic heterocycles. The molecule has 1 atom stereocenters. The van der Waals surface area contributed by atoms with E-state index in [1.54, 1.807) is 35.2 Å². The molecule has 0 radical (unpaired) electrons. The summed E-state index contributed by atoms with van der Waals surface area (Å²) in [5, 5.41) is 8.97. The predicted molar refractivity (Wildman–Crippen MR) is 102 cm³/mol. The van der Waals surface area contributed by atoms with Crippen molar-refractivity contribution in [3.05, 3.63) is 54.1 Å². The van der Waals surface area contributed by atoms with Crippen LogP contribution in [0.2, 0.25) is 0 Å². The van der Waals surface area contributed by atoms with Crippen LogP contribution in [-0.4, -0.2) is 54.3 Å². The highest BCUT2D eigenvalue weighted by molar-refractivity contribution is 5.97. The van der Waals surface area contributed by atoms with Gasteiger partial charge in [-0.1, -0.05) is 24.3 Å². The summed E-state index contributed by atoms with van der Waals surface area (Å²) < 4.78 is 17.0. The van der Waals surface area contributed by atoms with Gasteiger partial charge in [-0.25, -0.2) is 0 Å². The molecule has 1 saturated heterocycles. The Labute approximate surface area is 163 Å². The molecule has 1 heterocycles. The van der Waals surface area contributed by atoms with Crippen LogP contribution in [-0.2, 0) is 9.53 Å². The van der Waals surface area contributed by atoms with Crippen molar-refractivity contribution in [1.82, 2.24) is 4.90 Å². The zero-order valence-electron chi connectivity index (χ0n) is 15.7. The molecule has 0 bridgehead atoms. The van der Waals surface area contributed by atoms with Crippen LogP contribution < -0.4 is 9.47 Å². The fourth-order valence-electron chi connectivity index (χ4n) is 3.05. The molecule has 7 heteroatoms. The third-order valence-corrected chi connectivity index (χ3v) is 4.31. The quantitative estimate of drug-likeness (QED) is 0.788. The monoisotopic (exact) mass is 385 g/mol. The van der Waals surface area contributed by atoms with Crippen molar-refractivity contribution in [2.75, 3.05) is 26.3 Å². The number of rotatable bonds is 7. The summed E-state index contributed by atoms with van der Waals surface area (Å²) in [7, 11) is 0. The van der Waals surface area contributed by atoms with E-state index in [-0.39, 0.29) is 18.9 Å². The maximum Gasteiger partial charge on any atom is 0.306 e. The Morgan fingerprint density at radius 1 is 1.11 bits per heavy atom. The SMILES string of the molecule is CCOc1ccccc1Oc1ccccc1C(=O)N1CCOC(CC(=O)O)C1. The molecule has 1 aliphatic rings. The highest BCUT2D eigenvalue weighted by Crippen LogP contribution is 2.33. The van der Waals surface area contributed by atoms with E-state index in [0.29, 0.717) is 42.6 Å². The molecule has 1 fully saturated rings. The van der Waals surface area contributed by atoms with Crippen molar-refractivity contribution in [1.29, 1.82) is 0 Å². The molecule has 2 aromatic carbocycles. The van der Waals surface area contributed by atoms with Gasteiger partial charge in [-0.15, -0.1) is 0 Å².